The van der Waals surface area contributed by atoms with Crippen molar-refractivity contribution in [1.82, 2.24) is 5.32 Å². The minimum Gasteiger partial charge on any atom is -0.374 e. The number of thiophene rings is 1. The molecule has 5 nitrogen and oxygen atoms in total. The minimum atomic E-state index is -0.710. The van der Waals surface area contributed by atoms with Crippen LogP contribution in [0.1, 0.15) is 23.5 Å². The van der Waals surface area contributed by atoms with Crippen molar-refractivity contribution in [2.24, 2.45) is 0 Å². The Hall–Kier alpha value is -1.89. The molecule has 0 aliphatic rings. The Bertz CT molecular complexity index is 700. The lowest BCUT2D eigenvalue weighted by atomic mass is 10.1. The number of hydrogen-bond acceptors (Lipinski definition) is 4. The van der Waals surface area contributed by atoms with E-state index in [9.17, 15) is 9.59 Å². The highest BCUT2D eigenvalue weighted by atomic mass is 35.5. The van der Waals surface area contributed by atoms with E-state index in [2.05, 4.69) is 10.6 Å². The summed E-state index contributed by atoms with van der Waals surface area (Å²) in [6.45, 7) is 2.24. The molecule has 2 rings (SSSR count). The number of carbonyl (C=O) groups is 2. The SMILES string of the molecule is CCc1ccc(NC(=O)C(=O)NCC(OC)c2ccc(Cl)s2)cc1. The number of methoxy groups -OCH3 is 1. The summed E-state index contributed by atoms with van der Waals surface area (Å²) in [5.74, 6) is -1.42. The van der Waals surface area contributed by atoms with Crippen LogP contribution in [-0.2, 0) is 20.7 Å². The monoisotopic (exact) mass is 366 g/mol. The maximum Gasteiger partial charge on any atom is 0.313 e. The van der Waals surface area contributed by atoms with E-state index in [1.54, 1.807) is 25.3 Å². The Kier molecular flexibility index (Phi) is 6.78. The first-order chi connectivity index (χ1) is 11.5. The highest BCUT2D eigenvalue weighted by molar-refractivity contribution is 7.16. The second-order valence-electron chi connectivity index (χ2n) is 5.08. The molecule has 0 bridgehead atoms. The first-order valence-electron chi connectivity index (χ1n) is 7.49. The fourth-order valence-electron chi connectivity index (χ4n) is 2.08. The van der Waals surface area contributed by atoms with E-state index in [1.165, 1.54) is 11.3 Å². The summed E-state index contributed by atoms with van der Waals surface area (Å²) in [6, 6.07) is 11.0. The molecule has 0 fully saturated rings. The third kappa shape index (κ3) is 5.06. The van der Waals surface area contributed by atoms with E-state index >= 15 is 0 Å². The Morgan fingerprint density at radius 3 is 2.42 bits per heavy atom. The number of rotatable bonds is 6. The molecule has 0 radical (unpaired) electrons. The van der Waals surface area contributed by atoms with E-state index in [1.807, 2.05) is 25.1 Å². The highest BCUT2D eigenvalue weighted by Gasteiger charge is 2.18. The second kappa shape index (κ2) is 8.82. The number of benzene rings is 1. The third-order valence-corrected chi connectivity index (χ3v) is 4.79. The topological polar surface area (TPSA) is 67.4 Å². The molecule has 128 valence electrons. The van der Waals surface area contributed by atoms with Gasteiger partial charge >= 0.3 is 11.8 Å². The van der Waals surface area contributed by atoms with Crippen LogP contribution in [0.15, 0.2) is 36.4 Å². The zero-order valence-corrected chi connectivity index (χ0v) is 15.0. The van der Waals surface area contributed by atoms with Crippen LogP contribution in [0.4, 0.5) is 5.69 Å². The van der Waals surface area contributed by atoms with Gasteiger partial charge in [0.2, 0.25) is 0 Å². The van der Waals surface area contributed by atoms with E-state index < -0.39 is 11.8 Å². The van der Waals surface area contributed by atoms with Gasteiger partial charge in [0.1, 0.15) is 6.10 Å². The van der Waals surface area contributed by atoms with Gasteiger partial charge in [0.15, 0.2) is 0 Å². The third-order valence-electron chi connectivity index (χ3n) is 3.47. The van der Waals surface area contributed by atoms with Gasteiger partial charge in [-0.25, -0.2) is 0 Å². The molecular formula is C17H19ClN2O3S. The van der Waals surface area contributed by atoms with E-state index in [0.29, 0.717) is 10.0 Å². The molecule has 7 heteroatoms. The molecule has 0 aliphatic heterocycles. The van der Waals surface area contributed by atoms with Gasteiger partial charge in [0.05, 0.1) is 4.34 Å². The Balaban J connectivity index is 1.87. The zero-order valence-electron chi connectivity index (χ0n) is 13.5. The fourth-order valence-corrected chi connectivity index (χ4v) is 3.22. The average Bonchev–Trinajstić information content (AvgIpc) is 3.02. The molecule has 2 aromatic rings. The molecule has 1 unspecified atom stereocenters. The van der Waals surface area contributed by atoms with Crippen LogP contribution in [0.3, 0.4) is 0 Å². The van der Waals surface area contributed by atoms with Crippen LogP contribution >= 0.6 is 22.9 Å². The van der Waals surface area contributed by atoms with Crippen molar-refractivity contribution in [2.45, 2.75) is 19.4 Å². The van der Waals surface area contributed by atoms with Crippen molar-refractivity contribution >= 4 is 40.4 Å². The zero-order chi connectivity index (χ0) is 17.5. The predicted molar refractivity (Wildman–Crippen MR) is 96.5 cm³/mol. The van der Waals surface area contributed by atoms with Crippen LogP contribution in [0.25, 0.3) is 0 Å². The first kappa shape index (κ1) is 18.4. The lowest BCUT2D eigenvalue weighted by Gasteiger charge is -2.14. The molecule has 1 aromatic heterocycles. The smallest absolute Gasteiger partial charge is 0.313 e. The molecule has 1 atom stereocenters. The lowest BCUT2D eigenvalue weighted by Crippen LogP contribution is -2.37. The number of hydrogen-bond donors (Lipinski definition) is 2. The number of halogens is 1. The van der Waals surface area contributed by atoms with Crippen LogP contribution in [-0.4, -0.2) is 25.5 Å². The van der Waals surface area contributed by atoms with Gasteiger partial charge in [0, 0.05) is 24.2 Å². The predicted octanol–water partition coefficient (Wildman–Crippen LogP) is 3.41. The molecule has 0 spiro atoms. The molecule has 0 saturated carbocycles. The average molecular weight is 367 g/mol. The van der Waals surface area contributed by atoms with Crippen molar-refractivity contribution in [2.75, 3.05) is 19.0 Å². The maximum atomic E-state index is 11.9. The van der Waals surface area contributed by atoms with Crippen molar-refractivity contribution in [1.29, 1.82) is 0 Å². The lowest BCUT2D eigenvalue weighted by molar-refractivity contribution is -0.136. The van der Waals surface area contributed by atoms with Gasteiger partial charge in [-0.3, -0.25) is 9.59 Å². The fraction of sp³-hybridized carbons (Fsp3) is 0.294. The summed E-state index contributed by atoms with van der Waals surface area (Å²) in [5, 5.41) is 5.14. The van der Waals surface area contributed by atoms with Crippen LogP contribution in [0.5, 0.6) is 0 Å². The maximum absolute atomic E-state index is 11.9. The largest absolute Gasteiger partial charge is 0.374 e. The van der Waals surface area contributed by atoms with Crippen molar-refractivity contribution < 1.29 is 14.3 Å². The van der Waals surface area contributed by atoms with E-state index in [-0.39, 0.29) is 12.6 Å². The summed E-state index contributed by atoms with van der Waals surface area (Å²) in [4.78, 5) is 24.7. The Morgan fingerprint density at radius 1 is 1.17 bits per heavy atom. The highest BCUT2D eigenvalue weighted by Crippen LogP contribution is 2.28. The molecule has 0 saturated heterocycles. The van der Waals surface area contributed by atoms with E-state index in [4.69, 9.17) is 16.3 Å². The number of amides is 2. The molecule has 0 aliphatic carbocycles. The van der Waals surface area contributed by atoms with Crippen LogP contribution in [0.2, 0.25) is 4.34 Å². The molecule has 2 N–H and O–H groups in total. The summed E-state index contributed by atoms with van der Waals surface area (Å²) in [7, 11) is 1.54. The van der Waals surface area contributed by atoms with Crippen LogP contribution < -0.4 is 10.6 Å². The molecular weight excluding hydrogens is 348 g/mol. The first-order valence-corrected chi connectivity index (χ1v) is 8.69. The Labute approximate surface area is 150 Å². The second-order valence-corrected chi connectivity index (χ2v) is 6.83. The van der Waals surface area contributed by atoms with Crippen molar-refractivity contribution in [3.8, 4) is 0 Å². The summed E-state index contributed by atoms with van der Waals surface area (Å²) < 4.78 is 5.97. The van der Waals surface area contributed by atoms with Crippen molar-refractivity contribution in [3.05, 3.63) is 51.2 Å². The molecule has 1 heterocycles. The summed E-state index contributed by atoms with van der Waals surface area (Å²) >= 11 is 7.27. The number of ether oxygens (including phenoxy) is 1. The van der Waals surface area contributed by atoms with Gasteiger partial charge in [-0.05, 0) is 36.2 Å². The van der Waals surface area contributed by atoms with Gasteiger partial charge in [-0.2, -0.15) is 0 Å². The van der Waals surface area contributed by atoms with Gasteiger partial charge in [-0.15, -0.1) is 11.3 Å². The minimum absolute atomic E-state index is 0.189. The van der Waals surface area contributed by atoms with Crippen LogP contribution in [0, 0.1) is 0 Å². The summed E-state index contributed by atoms with van der Waals surface area (Å²) in [6.07, 6.45) is 0.572. The number of nitrogens with one attached hydrogen (secondary N) is 2. The molecule has 1 aromatic carbocycles. The number of aryl methyl sites for hydroxylation is 1. The van der Waals surface area contributed by atoms with Gasteiger partial charge < -0.3 is 15.4 Å². The molecule has 24 heavy (non-hydrogen) atoms. The Morgan fingerprint density at radius 2 is 1.88 bits per heavy atom. The number of carbonyl (C=O) groups excluding carboxylic acids is 2. The normalized spacial score (nSPS) is 11.8. The van der Waals surface area contributed by atoms with Crippen molar-refractivity contribution in [3.63, 3.8) is 0 Å². The quantitative estimate of drug-likeness (QED) is 0.770. The standard InChI is InChI=1S/C17H19ClN2O3S/c1-3-11-4-6-12(7-5-11)20-17(22)16(21)19-10-13(23-2)14-8-9-15(18)24-14/h4-9,13H,3,10H2,1-2H3,(H,19,21)(H,20,22). The van der Waals surface area contributed by atoms with E-state index in [0.717, 1.165) is 16.9 Å². The van der Waals surface area contributed by atoms with Gasteiger partial charge in [0.25, 0.3) is 0 Å². The summed E-state index contributed by atoms with van der Waals surface area (Å²) in [5.41, 5.74) is 1.75. The van der Waals surface area contributed by atoms with Gasteiger partial charge in [-0.1, -0.05) is 30.7 Å². The number of anilines is 1. The molecule has 2 amide bonds.